The molecule has 1 fully saturated rings. The molecule has 1 aromatic rings. The van der Waals surface area contributed by atoms with Crippen LogP contribution < -0.4 is 14.8 Å². The van der Waals surface area contributed by atoms with Gasteiger partial charge in [-0.2, -0.15) is 0 Å². The topological polar surface area (TPSA) is 84.9 Å². The van der Waals surface area contributed by atoms with Crippen molar-refractivity contribution < 1.29 is 22.7 Å². The Morgan fingerprint density at radius 1 is 1.39 bits per heavy atom. The molecule has 1 N–H and O–H groups in total. The summed E-state index contributed by atoms with van der Waals surface area (Å²) in [4.78, 5) is 13.0. The number of ether oxygens (including phenoxy) is 2. The van der Waals surface area contributed by atoms with Crippen LogP contribution in [0.2, 0.25) is 0 Å². The van der Waals surface area contributed by atoms with Gasteiger partial charge in [0.1, 0.15) is 17.1 Å². The number of amides is 1. The lowest BCUT2D eigenvalue weighted by Crippen LogP contribution is -2.48. The van der Waals surface area contributed by atoms with E-state index in [0.717, 1.165) is 5.56 Å². The number of carbonyl (C=O) groups excluding carboxylic acids is 1. The van der Waals surface area contributed by atoms with Gasteiger partial charge < -0.3 is 14.8 Å². The van der Waals surface area contributed by atoms with Crippen molar-refractivity contribution in [3.05, 3.63) is 23.8 Å². The summed E-state index contributed by atoms with van der Waals surface area (Å²) >= 11 is 0. The largest absolute Gasteiger partial charge is 0.497 e. The molecule has 2 unspecified atom stereocenters. The van der Waals surface area contributed by atoms with Crippen molar-refractivity contribution in [1.82, 2.24) is 9.62 Å². The molecule has 28 heavy (non-hydrogen) atoms. The predicted molar refractivity (Wildman–Crippen MR) is 107 cm³/mol. The first-order valence-electron chi connectivity index (χ1n) is 9.80. The van der Waals surface area contributed by atoms with Gasteiger partial charge in [-0.05, 0) is 45.7 Å². The fraction of sp³-hybridized carbons (Fsp3) is 0.650. The SMILES string of the molecule is CCS(=O)(=O)N1CCCC(C(=O)NC2CC(C)(C)Oc3cc(OC)ccc32)C1. The molecule has 2 aliphatic rings. The molecule has 8 heteroatoms. The summed E-state index contributed by atoms with van der Waals surface area (Å²) in [6.07, 6.45) is 2.04. The standard InChI is InChI=1S/C20H30N2O5S/c1-5-28(24,25)22-10-6-7-14(13-22)19(23)21-17-12-20(2,3)27-18-11-15(26-4)8-9-16(17)18/h8-9,11,14,17H,5-7,10,12-13H2,1-4H3,(H,21,23). The zero-order valence-electron chi connectivity index (χ0n) is 17.0. The van der Waals surface area contributed by atoms with E-state index in [9.17, 15) is 13.2 Å². The highest BCUT2D eigenvalue weighted by molar-refractivity contribution is 7.89. The van der Waals surface area contributed by atoms with Crippen molar-refractivity contribution in [3.8, 4) is 11.5 Å². The van der Waals surface area contributed by atoms with Gasteiger partial charge in [-0.15, -0.1) is 0 Å². The predicted octanol–water partition coefficient (Wildman–Crippen LogP) is 2.48. The third-order valence-electron chi connectivity index (χ3n) is 5.51. The second-order valence-electron chi connectivity index (χ2n) is 8.13. The number of hydrogen-bond acceptors (Lipinski definition) is 5. The number of fused-ring (bicyclic) bond motifs is 1. The molecule has 0 bridgehead atoms. The summed E-state index contributed by atoms with van der Waals surface area (Å²) in [7, 11) is -1.67. The molecule has 7 nitrogen and oxygen atoms in total. The smallest absolute Gasteiger partial charge is 0.224 e. The van der Waals surface area contributed by atoms with Crippen LogP contribution in [0, 0.1) is 5.92 Å². The van der Waals surface area contributed by atoms with E-state index >= 15 is 0 Å². The number of nitrogens with one attached hydrogen (secondary N) is 1. The van der Waals surface area contributed by atoms with Crippen molar-refractivity contribution in [2.45, 2.75) is 51.7 Å². The Morgan fingerprint density at radius 3 is 2.82 bits per heavy atom. The van der Waals surface area contributed by atoms with E-state index in [0.29, 0.717) is 37.3 Å². The number of sulfonamides is 1. The van der Waals surface area contributed by atoms with Crippen LogP contribution in [-0.2, 0) is 14.8 Å². The molecule has 2 heterocycles. The number of benzene rings is 1. The van der Waals surface area contributed by atoms with E-state index in [1.807, 2.05) is 32.0 Å². The normalized spacial score (nSPS) is 24.7. The van der Waals surface area contributed by atoms with Gasteiger partial charge in [-0.3, -0.25) is 4.79 Å². The summed E-state index contributed by atoms with van der Waals surface area (Å²) in [5, 5.41) is 3.15. The summed E-state index contributed by atoms with van der Waals surface area (Å²) in [6, 6.07) is 5.43. The van der Waals surface area contributed by atoms with Crippen LogP contribution in [0.5, 0.6) is 11.5 Å². The molecule has 0 aromatic heterocycles. The highest BCUT2D eigenvalue weighted by atomic mass is 32.2. The molecule has 1 aromatic carbocycles. The van der Waals surface area contributed by atoms with Gasteiger partial charge in [0.2, 0.25) is 15.9 Å². The average molecular weight is 411 g/mol. The van der Waals surface area contributed by atoms with Crippen LogP contribution >= 0.6 is 0 Å². The fourth-order valence-corrected chi connectivity index (χ4v) is 5.15. The van der Waals surface area contributed by atoms with Gasteiger partial charge in [0, 0.05) is 31.1 Å². The van der Waals surface area contributed by atoms with Gasteiger partial charge in [0.15, 0.2) is 0 Å². The molecule has 0 radical (unpaired) electrons. The molecule has 156 valence electrons. The fourth-order valence-electron chi connectivity index (χ4n) is 3.97. The second kappa shape index (κ2) is 7.91. The van der Waals surface area contributed by atoms with E-state index in [4.69, 9.17) is 9.47 Å². The summed E-state index contributed by atoms with van der Waals surface area (Å²) < 4.78 is 37.2. The number of hydrogen-bond donors (Lipinski definition) is 1. The molecule has 2 atom stereocenters. The highest BCUT2D eigenvalue weighted by Crippen LogP contribution is 2.41. The first-order valence-corrected chi connectivity index (χ1v) is 11.4. The van der Waals surface area contributed by atoms with Crippen molar-refractivity contribution in [1.29, 1.82) is 0 Å². The van der Waals surface area contributed by atoms with Crippen LogP contribution in [0.4, 0.5) is 0 Å². The molecular weight excluding hydrogens is 380 g/mol. The molecular formula is C20H30N2O5S. The van der Waals surface area contributed by atoms with Gasteiger partial charge in [-0.25, -0.2) is 12.7 Å². The van der Waals surface area contributed by atoms with E-state index in [1.54, 1.807) is 14.0 Å². The Labute approximate surface area is 167 Å². The third-order valence-corrected chi connectivity index (χ3v) is 7.36. The lowest BCUT2D eigenvalue weighted by Gasteiger charge is -2.39. The zero-order valence-corrected chi connectivity index (χ0v) is 17.8. The van der Waals surface area contributed by atoms with Crippen molar-refractivity contribution in [2.75, 3.05) is 26.0 Å². The first-order chi connectivity index (χ1) is 13.1. The van der Waals surface area contributed by atoms with E-state index in [2.05, 4.69) is 5.32 Å². The lowest BCUT2D eigenvalue weighted by molar-refractivity contribution is -0.127. The molecule has 3 rings (SSSR count). The molecule has 0 spiro atoms. The Bertz CT molecular complexity index is 837. The maximum absolute atomic E-state index is 13.0. The molecule has 1 saturated heterocycles. The first kappa shape index (κ1) is 20.9. The van der Waals surface area contributed by atoms with Crippen LogP contribution in [0.15, 0.2) is 18.2 Å². The Hall–Kier alpha value is -1.80. The summed E-state index contributed by atoms with van der Waals surface area (Å²) in [5.74, 6) is 1.04. The number of rotatable bonds is 5. The molecule has 0 aliphatic carbocycles. The van der Waals surface area contributed by atoms with E-state index < -0.39 is 15.6 Å². The van der Waals surface area contributed by atoms with Crippen LogP contribution in [0.25, 0.3) is 0 Å². The second-order valence-corrected chi connectivity index (χ2v) is 10.4. The number of methoxy groups -OCH3 is 1. The quantitative estimate of drug-likeness (QED) is 0.806. The van der Waals surface area contributed by atoms with Crippen LogP contribution in [-0.4, -0.2) is 50.2 Å². The molecule has 1 amide bonds. The zero-order chi connectivity index (χ0) is 20.5. The Balaban J connectivity index is 1.77. The van der Waals surface area contributed by atoms with E-state index in [-0.39, 0.29) is 30.2 Å². The maximum Gasteiger partial charge on any atom is 0.224 e. The van der Waals surface area contributed by atoms with Crippen molar-refractivity contribution in [3.63, 3.8) is 0 Å². The summed E-state index contributed by atoms with van der Waals surface area (Å²) in [5.41, 5.74) is 0.490. The molecule has 0 saturated carbocycles. The van der Waals surface area contributed by atoms with Gasteiger partial charge >= 0.3 is 0 Å². The van der Waals surface area contributed by atoms with Gasteiger partial charge in [0.25, 0.3) is 0 Å². The van der Waals surface area contributed by atoms with Crippen LogP contribution in [0.3, 0.4) is 0 Å². The monoisotopic (exact) mass is 410 g/mol. The number of carbonyl (C=O) groups is 1. The molecule has 2 aliphatic heterocycles. The third kappa shape index (κ3) is 4.43. The van der Waals surface area contributed by atoms with Crippen molar-refractivity contribution in [2.24, 2.45) is 5.92 Å². The van der Waals surface area contributed by atoms with Crippen molar-refractivity contribution >= 4 is 15.9 Å². The minimum Gasteiger partial charge on any atom is -0.497 e. The van der Waals surface area contributed by atoms with Gasteiger partial charge in [0.05, 0.1) is 24.8 Å². The van der Waals surface area contributed by atoms with E-state index in [1.165, 1.54) is 4.31 Å². The van der Waals surface area contributed by atoms with Crippen LogP contribution in [0.1, 0.15) is 51.6 Å². The lowest BCUT2D eigenvalue weighted by atomic mass is 9.88. The minimum absolute atomic E-state index is 0.0602. The average Bonchev–Trinajstić information content (AvgIpc) is 2.66. The maximum atomic E-state index is 13.0. The summed E-state index contributed by atoms with van der Waals surface area (Å²) in [6.45, 7) is 6.36. The van der Waals surface area contributed by atoms with Gasteiger partial charge in [-0.1, -0.05) is 0 Å². The highest BCUT2D eigenvalue weighted by Gasteiger charge is 2.37. The Morgan fingerprint density at radius 2 is 2.14 bits per heavy atom. The Kier molecular flexibility index (Phi) is 5.91. The number of nitrogens with zero attached hydrogens (tertiary/aromatic N) is 1. The minimum atomic E-state index is -3.28. The number of piperidine rings is 1.